The summed E-state index contributed by atoms with van der Waals surface area (Å²) in [6, 6.07) is 17.2. The average Bonchev–Trinajstić information content (AvgIpc) is 2.72. The van der Waals surface area contributed by atoms with Crippen molar-refractivity contribution in [3.05, 3.63) is 65.2 Å². The summed E-state index contributed by atoms with van der Waals surface area (Å²) in [5, 5.41) is 0. The molecule has 1 unspecified atom stereocenters. The van der Waals surface area contributed by atoms with Crippen LogP contribution in [0.5, 0.6) is 5.75 Å². The van der Waals surface area contributed by atoms with E-state index < -0.39 is 0 Å². The van der Waals surface area contributed by atoms with Crippen molar-refractivity contribution < 1.29 is 4.74 Å². The maximum absolute atomic E-state index is 6.01. The van der Waals surface area contributed by atoms with Crippen LogP contribution in [0.25, 0.3) is 0 Å². The molecule has 1 fully saturated rings. The molecule has 26 heavy (non-hydrogen) atoms. The predicted octanol–water partition coefficient (Wildman–Crippen LogP) is 5.25. The Morgan fingerprint density at radius 2 is 1.77 bits per heavy atom. The first-order chi connectivity index (χ1) is 12.9. The Morgan fingerprint density at radius 3 is 2.62 bits per heavy atom. The highest BCUT2D eigenvalue weighted by Gasteiger charge is 2.20. The van der Waals surface area contributed by atoms with Crippen LogP contribution in [0.4, 0.5) is 0 Å². The third-order valence-corrected chi connectivity index (χ3v) is 6.06. The third-order valence-electron chi connectivity index (χ3n) is 6.06. The van der Waals surface area contributed by atoms with Crippen LogP contribution in [-0.2, 0) is 19.4 Å². The van der Waals surface area contributed by atoms with Crippen LogP contribution in [0.2, 0.25) is 0 Å². The summed E-state index contributed by atoms with van der Waals surface area (Å²) in [6.07, 6.45) is 9.40. The molecule has 1 atom stereocenters. The molecule has 138 valence electrons. The molecule has 1 aliphatic heterocycles. The van der Waals surface area contributed by atoms with E-state index in [0.29, 0.717) is 6.61 Å². The Balaban J connectivity index is 1.29. The number of hydrogen-bond donors (Lipinski definition) is 0. The van der Waals surface area contributed by atoms with Crippen molar-refractivity contribution >= 4 is 0 Å². The molecule has 0 spiro atoms. The van der Waals surface area contributed by atoms with Crippen LogP contribution in [-0.4, -0.2) is 24.5 Å². The maximum atomic E-state index is 6.01. The fourth-order valence-electron chi connectivity index (χ4n) is 4.43. The van der Waals surface area contributed by atoms with Crippen LogP contribution in [0, 0.1) is 5.92 Å². The number of fused-ring (bicyclic) bond motifs is 1. The number of ether oxygens (including phenoxy) is 1. The summed E-state index contributed by atoms with van der Waals surface area (Å²) in [5.74, 6) is 1.87. The Morgan fingerprint density at radius 1 is 0.923 bits per heavy atom. The highest BCUT2D eigenvalue weighted by molar-refractivity contribution is 5.37. The first-order valence-electron chi connectivity index (χ1n) is 10.4. The molecule has 1 heterocycles. The number of rotatable bonds is 6. The summed E-state index contributed by atoms with van der Waals surface area (Å²) >= 11 is 0. The topological polar surface area (TPSA) is 12.5 Å². The quantitative estimate of drug-likeness (QED) is 0.706. The molecule has 0 amide bonds. The van der Waals surface area contributed by atoms with Crippen molar-refractivity contribution in [3.63, 3.8) is 0 Å². The summed E-state index contributed by atoms with van der Waals surface area (Å²) in [4.78, 5) is 2.68. The van der Waals surface area contributed by atoms with Crippen molar-refractivity contribution in [2.24, 2.45) is 5.92 Å². The predicted molar refractivity (Wildman–Crippen MR) is 108 cm³/mol. The molecule has 2 nitrogen and oxygen atoms in total. The number of piperidine rings is 1. The molecular formula is C24H31NO. The van der Waals surface area contributed by atoms with Gasteiger partial charge in [-0.3, -0.25) is 0 Å². The zero-order valence-corrected chi connectivity index (χ0v) is 15.8. The van der Waals surface area contributed by atoms with Gasteiger partial charge in [-0.05, 0) is 92.9 Å². The van der Waals surface area contributed by atoms with Gasteiger partial charge in [-0.1, -0.05) is 42.8 Å². The second kappa shape index (κ2) is 8.73. The highest BCUT2D eigenvalue weighted by atomic mass is 16.5. The van der Waals surface area contributed by atoms with E-state index in [4.69, 9.17) is 4.74 Å². The maximum Gasteiger partial charge on any atom is 0.120 e. The van der Waals surface area contributed by atoms with Crippen LogP contribution in [0.3, 0.4) is 0 Å². The zero-order chi connectivity index (χ0) is 17.6. The van der Waals surface area contributed by atoms with E-state index in [9.17, 15) is 0 Å². The zero-order valence-electron chi connectivity index (χ0n) is 15.8. The van der Waals surface area contributed by atoms with Gasteiger partial charge in [0.25, 0.3) is 0 Å². The molecule has 1 saturated heterocycles. The van der Waals surface area contributed by atoms with Crippen LogP contribution >= 0.6 is 0 Å². The van der Waals surface area contributed by atoms with Crippen molar-refractivity contribution in [3.8, 4) is 5.75 Å². The molecule has 0 aromatic heterocycles. The second-order valence-corrected chi connectivity index (χ2v) is 8.00. The van der Waals surface area contributed by atoms with Gasteiger partial charge in [0.05, 0.1) is 0 Å². The van der Waals surface area contributed by atoms with Gasteiger partial charge in [0.2, 0.25) is 0 Å². The second-order valence-electron chi connectivity index (χ2n) is 8.00. The largest absolute Gasteiger partial charge is 0.489 e. The Labute approximate surface area is 158 Å². The van der Waals surface area contributed by atoms with Crippen LogP contribution in [0.15, 0.2) is 48.5 Å². The van der Waals surface area contributed by atoms with E-state index in [2.05, 4.69) is 47.4 Å². The molecule has 2 aromatic rings. The molecule has 1 aliphatic carbocycles. The molecule has 2 heteroatoms. The molecular weight excluding hydrogens is 318 g/mol. The third kappa shape index (κ3) is 4.67. The van der Waals surface area contributed by atoms with Gasteiger partial charge in [-0.15, -0.1) is 0 Å². The van der Waals surface area contributed by atoms with E-state index >= 15 is 0 Å². The molecule has 0 bridgehead atoms. The Bertz CT molecular complexity index is 691. The van der Waals surface area contributed by atoms with Crippen molar-refractivity contribution in [1.82, 2.24) is 4.90 Å². The molecule has 4 rings (SSSR count). The monoisotopic (exact) mass is 349 g/mol. The lowest BCUT2D eigenvalue weighted by Crippen LogP contribution is -2.32. The number of likely N-dealkylation sites (tertiary alicyclic amines) is 1. The summed E-state index contributed by atoms with van der Waals surface area (Å²) in [6.45, 7) is 4.60. The molecule has 0 radical (unpaired) electrons. The number of benzene rings is 2. The van der Waals surface area contributed by atoms with Crippen LogP contribution in [0.1, 0.15) is 48.8 Å². The Kier molecular flexibility index (Phi) is 5.91. The van der Waals surface area contributed by atoms with Gasteiger partial charge < -0.3 is 9.64 Å². The summed E-state index contributed by atoms with van der Waals surface area (Å²) < 4.78 is 6.01. The lowest BCUT2D eigenvalue weighted by atomic mass is 9.82. The van der Waals surface area contributed by atoms with Crippen LogP contribution < -0.4 is 4.74 Å². The van der Waals surface area contributed by atoms with E-state index in [1.54, 1.807) is 5.56 Å². The van der Waals surface area contributed by atoms with Gasteiger partial charge in [0.1, 0.15) is 12.4 Å². The van der Waals surface area contributed by atoms with Gasteiger partial charge >= 0.3 is 0 Å². The summed E-state index contributed by atoms with van der Waals surface area (Å²) in [5.41, 5.74) is 4.28. The molecule has 2 aromatic carbocycles. The van der Waals surface area contributed by atoms with E-state index in [-0.39, 0.29) is 0 Å². The minimum atomic E-state index is 0.651. The van der Waals surface area contributed by atoms with Gasteiger partial charge in [0.15, 0.2) is 0 Å². The SMILES string of the molecule is c1ccc(COc2ccc3c(c2)CCC(CCN2CCCCC2)C3)cc1. The minimum Gasteiger partial charge on any atom is -0.489 e. The number of hydrogen-bond acceptors (Lipinski definition) is 2. The van der Waals surface area contributed by atoms with Crippen molar-refractivity contribution in [2.75, 3.05) is 19.6 Å². The fourth-order valence-corrected chi connectivity index (χ4v) is 4.43. The lowest BCUT2D eigenvalue weighted by Gasteiger charge is -2.30. The smallest absolute Gasteiger partial charge is 0.120 e. The normalized spacial score (nSPS) is 20.5. The molecule has 2 aliphatic rings. The Hall–Kier alpha value is -1.80. The fraction of sp³-hybridized carbons (Fsp3) is 0.500. The lowest BCUT2D eigenvalue weighted by molar-refractivity contribution is 0.209. The van der Waals surface area contributed by atoms with E-state index in [0.717, 1.165) is 11.7 Å². The van der Waals surface area contributed by atoms with Gasteiger partial charge in [-0.25, -0.2) is 0 Å². The summed E-state index contributed by atoms with van der Waals surface area (Å²) in [7, 11) is 0. The molecule has 0 N–H and O–H groups in total. The first-order valence-corrected chi connectivity index (χ1v) is 10.4. The molecule has 0 saturated carbocycles. The van der Waals surface area contributed by atoms with E-state index in [1.165, 1.54) is 75.7 Å². The average molecular weight is 350 g/mol. The van der Waals surface area contributed by atoms with Crippen molar-refractivity contribution in [2.45, 2.75) is 51.6 Å². The highest BCUT2D eigenvalue weighted by Crippen LogP contribution is 2.30. The number of aryl methyl sites for hydroxylation is 1. The number of nitrogens with zero attached hydrogens (tertiary/aromatic N) is 1. The van der Waals surface area contributed by atoms with Gasteiger partial charge in [-0.2, -0.15) is 0 Å². The standard InChI is InChI=1S/C24H31NO/c1-3-7-21(8-4-1)19-26-24-12-11-22-17-20(9-10-23(22)18-24)13-16-25-14-5-2-6-15-25/h1,3-4,7-8,11-12,18,20H,2,5-6,9-10,13-17,19H2. The first kappa shape index (κ1) is 17.6. The van der Waals surface area contributed by atoms with Gasteiger partial charge in [0, 0.05) is 0 Å². The minimum absolute atomic E-state index is 0.651. The van der Waals surface area contributed by atoms with Crippen molar-refractivity contribution in [1.29, 1.82) is 0 Å². The van der Waals surface area contributed by atoms with E-state index in [1.807, 2.05) is 6.07 Å².